The molecule has 0 saturated carbocycles. The van der Waals surface area contributed by atoms with Gasteiger partial charge in [0.1, 0.15) is 5.82 Å². The van der Waals surface area contributed by atoms with E-state index in [9.17, 15) is 4.39 Å². The summed E-state index contributed by atoms with van der Waals surface area (Å²) in [6, 6.07) is 13.1. The Morgan fingerprint density at radius 1 is 1.00 bits per heavy atom. The predicted octanol–water partition coefficient (Wildman–Crippen LogP) is 3.95. The standard InChI is InChI=1S/C14H12FN/c1-2-16-13-6-4-3-5-11(13)12-9-10(15)7-8-14(12)16/h3-9H,2H2,1H3. The van der Waals surface area contributed by atoms with Gasteiger partial charge in [0.2, 0.25) is 0 Å². The third-order valence-corrected chi connectivity index (χ3v) is 3.05. The molecule has 0 aliphatic heterocycles. The highest BCUT2D eigenvalue weighted by Gasteiger charge is 2.08. The molecule has 0 unspecified atom stereocenters. The van der Waals surface area contributed by atoms with Crippen LogP contribution in [0.2, 0.25) is 0 Å². The second-order valence-corrected chi connectivity index (χ2v) is 3.92. The predicted molar refractivity (Wildman–Crippen MR) is 65.1 cm³/mol. The van der Waals surface area contributed by atoms with E-state index in [0.717, 1.165) is 22.8 Å². The van der Waals surface area contributed by atoms with E-state index >= 15 is 0 Å². The van der Waals surface area contributed by atoms with E-state index in [0.29, 0.717) is 0 Å². The van der Waals surface area contributed by atoms with Gasteiger partial charge in [0, 0.05) is 28.4 Å². The highest BCUT2D eigenvalue weighted by Crippen LogP contribution is 2.29. The van der Waals surface area contributed by atoms with Crippen molar-refractivity contribution in [1.82, 2.24) is 4.57 Å². The number of hydrogen-bond donors (Lipinski definition) is 0. The minimum absolute atomic E-state index is 0.175. The lowest BCUT2D eigenvalue weighted by atomic mass is 10.1. The van der Waals surface area contributed by atoms with Crippen molar-refractivity contribution in [3.8, 4) is 0 Å². The van der Waals surface area contributed by atoms with E-state index in [1.807, 2.05) is 24.3 Å². The maximum atomic E-state index is 13.3. The highest BCUT2D eigenvalue weighted by atomic mass is 19.1. The first-order valence-corrected chi connectivity index (χ1v) is 5.47. The fourth-order valence-electron chi connectivity index (χ4n) is 2.37. The number of aryl methyl sites for hydroxylation is 1. The summed E-state index contributed by atoms with van der Waals surface area (Å²) >= 11 is 0. The molecule has 0 fully saturated rings. The zero-order chi connectivity index (χ0) is 11.1. The number of rotatable bonds is 1. The molecule has 0 aliphatic rings. The summed E-state index contributed by atoms with van der Waals surface area (Å²) in [5.74, 6) is -0.175. The van der Waals surface area contributed by atoms with Crippen LogP contribution in [-0.4, -0.2) is 4.57 Å². The Morgan fingerprint density at radius 2 is 1.75 bits per heavy atom. The lowest BCUT2D eigenvalue weighted by molar-refractivity contribution is 0.629. The van der Waals surface area contributed by atoms with E-state index in [-0.39, 0.29) is 5.82 Å². The summed E-state index contributed by atoms with van der Waals surface area (Å²) in [5.41, 5.74) is 2.27. The molecule has 2 aromatic carbocycles. The summed E-state index contributed by atoms with van der Waals surface area (Å²) in [6.45, 7) is 3.00. The summed E-state index contributed by atoms with van der Waals surface area (Å²) in [6.07, 6.45) is 0. The van der Waals surface area contributed by atoms with E-state index in [1.165, 1.54) is 11.6 Å². The Morgan fingerprint density at radius 3 is 2.56 bits per heavy atom. The highest BCUT2D eigenvalue weighted by molar-refractivity contribution is 6.07. The van der Waals surface area contributed by atoms with Crippen LogP contribution >= 0.6 is 0 Å². The third-order valence-electron chi connectivity index (χ3n) is 3.05. The van der Waals surface area contributed by atoms with E-state index in [1.54, 1.807) is 6.07 Å². The Hall–Kier alpha value is -1.83. The molecule has 2 heteroatoms. The van der Waals surface area contributed by atoms with Gasteiger partial charge in [0.15, 0.2) is 0 Å². The van der Waals surface area contributed by atoms with Crippen LogP contribution in [-0.2, 0) is 6.54 Å². The topological polar surface area (TPSA) is 4.93 Å². The fraction of sp³-hybridized carbons (Fsp3) is 0.143. The summed E-state index contributed by atoms with van der Waals surface area (Å²) in [4.78, 5) is 0. The van der Waals surface area contributed by atoms with E-state index in [4.69, 9.17) is 0 Å². The molecule has 3 aromatic rings. The molecule has 1 aromatic heterocycles. The second-order valence-electron chi connectivity index (χ2n) is 3.92. The van der Waals surface area contributed by atoms with Crippen LogP contribution in [0.1, 0.15) is 6.92 Å². The Labute approximate surface area is 93.1 Å². The minimum Gasteiger partial charge on any atom is -0.341 e. The van der Waals surface area contributed by atoms with Crippen molar-refractivity contribution in [3.05, 3.63) is 48.3 Å². The molecule has 1 heterocycles. The lowest BCUT2D eigenvalue weighted by Gasteiger charge is -2.01. The molecular formula is C14H12FN. The van der Waals surface area contributed by atoms with Crippen molar-refractivity contribution in [2.75, 3.05) is 0 Å². The van der Waals surface area contributed by atoms with Crippen molar-refractivity contribution in [2.24, 2.45) is 0 Å². The summed E-state index contributed by atoms with van der Waals surface area (Å²) in [5, 5.41) is 2.12. The zero-order valence-electron chi connectivity index (χ0n) is 9.07. The van der Waals surface area contributed by atoms with Gasteiger partial charge in [-0.3, -0.25) is 0 Å². The number of para-hydroxylation sites is 1. The summed E-state index contributed by atoms with van der Waals surface area (Å²) < 4.78 is 15.5. The maximum absolute atomic E-state index is 13.3. The van der Waals surface area contributed by atoms with Gasteiger partial charge in [-0.2, -0.15) is 0 Å². The molecule has 0 aliphatic carbocycles. The van der Waals surface area contributed by atoms with Crippen LogP contribution in [0.25, 0.3) is 21.8 Å². The van der Waals surface area contributed by atoms with Crippen LogP contribution in [0.3, 0.4) is 0 Å². The molecule has 16 heavy (non-hydrogen) atoms. The zero-order valence-corrected chi connectivity index (χ0v) is 9.07. The van der Waals surface area contributed by atoms with Gasteiger partial charge in [-0.25, -0.2) is 4.39 Å². The first kappa shape index (κ1) is 9.40. The van der Waals surface area contributed by atoms with Gasteiger partial charge in [-0.05, 0) is 31.2 Å². The number of halogens is 1. The van der Waals surface area contributed by atoms with Crippen LogP contribution in [0.4, 0.5) is 4.39 Å². The number of fused-ring (bicyclic) bond motifs is 3. The SMILES string of the molecule is CCn1c2ccccc2c2cc(F)ccc21. The lowest BCUT2D eigenvalue weighted by Crippen LogP contribution is -1.92. The fourth-order valence-corrected chi connectivity index (χ4v) is 2.37. The van der Waals surface area contributed by atoms with E-state index < -0.39 is 0 Å². The third kappa shape index (κ3) is 1.16. The molecular weight excluding hydrogens is 201 g/mol. The Kier molecular flexibility index (Phi) is 1.96. The van der Waals surface area contributed by atoms with E-state index in [2.05, 4.69) is 17.6 Å². The number of aromatic nitrogens is 1. The largest absolute Gasteiger partial charge is 0.341 e. The molecule has 1 nitrogen and oxygen atoms in total. The van der Waals surface area contributed by atoms with Crippen LogP contribution in [0, 0.1) is 5.82 Å². The van der Waals surface area contributed by atoms with Crippen molar-refractivity contribution >= 4 is 21.8 Å². The van der Waals surface area contributed by atoms with Gasteiger partial charge in [0.25, 0.3) is 0 Å². The molecule has 0 atom stereocenters. The summed E-state index contributed by atoms with van der Waals surface area (Å²) in [7, 11) is 0. The molecule has 0 radical (unpaired) electrons. The molecule has 0 amide bonds. The number of nitrogens with zero attached hydrogens (tertiary/aromatic N) is 1. The van der Waals surface area contributed by atoms with Crippen molar-refractivity contribution in [1.29, 1.82) is 0 Å². The van der Waals surface area contributed by atoms with Gasteiger partial charge in [-0.15, -0.1) is 0 Å². The average Bonchev–Trinajstić information content (AvgIpc) is 2.62. The van der Waals surface area contributed by atoms with Crippen LogP contribution < -0.4 is 0 Å². The monoisotopic (exact) mass is 213 g/mol. The maximum Gasteiger partial charge on any atom is 0.123 e. The second kappa shape index (κ2) is 3.34. The van der Waals surface area contributed by atoms with Gasteiger partial charge < -0.3 is 4.57 Å². The smallest absolute Gasteiger partial charge is 0.123 e. The van der Waals surface area contributed by atoms with Crippen LogP contribution in [0.15, 0.2) is 42.5 Å². The van der Waals surface area contributed by atoms with Crippen molar-refractivity contribution < 1.29 is 4.39 Å². The molecule has 80 valence electrons. The normalized spacial score (nSPS) is 11.4. The van der Waals surface area contributed by atoms with Crippen molar-refractivity contribution in [2.45, 2.75) is 13.5 Å². The molecule has 0 bridgehead atoms. The van der Waals surface area contributed by atoms with Gasteiger partial charge in [-0.1, -0.05) is 18.2 Å². The van der Waals surface area contributed by atoms with Gasteiger partial charge >= 0.3 is 0 Å². The first-order valence-electron chi connectivity index (χ1n) is 5.47. The van der Waals surface area contributed by atoms with Gasteiger partial charge in [0.05, 0.1) is 0 Å². The molecule has 0 N–H and O–H groups in total. The van der Waals surface area contributed by atoms with Crippen LogP contribution in [0.5, 0.6) is 0 Å². The molecule has 3 rings (SSSR count). The van der Waals surface area contributed by atoms with Crippen molar-refractivity contribution in [3.63, 3.8) is 0 Å². The Bertz CT molecular complexity index is 667. The molecule has 0 spiro atoms. The quantitative estimate of drug-likeness (QED) is 0.576. The Balaban J connectivity index is 2.59. The average molecular weight is 213 g/mol. The number of benzene rings is 2. The number of hydrogen-bond acceptors (Lipinski definition) is 0. The minimum atomic E-state index is -0.175. The first-order chi connectivity index (χ1) is 7.81. The molecule has 0 saturated heterocycles.